The third-order valence-corrected chi connectivity index (χ3v) is 3.11. The lowest BCUT2D eigenvalue weighted by atomic mass is 10.2. The molecule has 1 unspecified atom stereocenters. The summed E-state index contributed by atoms with van der Waals surface area (Å²) in [7, 11) is 3.90. The number of carbonyl (C=O) groups is 2. The Morgan fingerprint density at radius 3 is 2.63 bits per heavy atom. The predicted octanol–water partition coefficient (Wildman–Crippen LogP) is -0.308. The molecule has 1 heterocycles. The van der Waals surface area contributed by atoms with E-state index in [0.717, 1.165) is 26.0 Å². The highest BCUT2D eigenvalue weighted by atomic mass is 16.5. The standard InChI is InChI=1S/C13H25N3O3/c1-11(17)16(9-12-5-4-8-19-12)10-13(18)14-6-7-15(2)3/h12H,4-10H2,1-3H3,(H,14,18). The molecule has 0 aromatic carbocycles. The zero-order chi connectivity index (χ0) is 14.3. The summed E-state index contributed by atoms with van der Waals surface area (Å²) in [5.41, 5.74) is 0. The van der Waals surface area contributed by atoms with Crippen LogP contribution in [0.5, 0.6) is 0 Å². The Labute approximate surface area is 115 Å². The van der Waals surface area contributed by atoms with Gasteiger partial charge < -0.3 is 19.9 Å². The molecule has 0 saturated carbocycles. The van der Waals surface area contributed by atoms with Crippen molar-refractivity contribution in [1.29, 1.82) is 0 Å². The molecule has 1 saturated heterocycles. The van der Waals surface area contributed by atoms with Crippen molar-refractivity contribution in [3.8, 4) is 0 Å². The number of amides is 2. The first-order chi connectivity index (χ1) is 8.99. The molecule has 0 aromatic rings. The second-order valence-corrected chi connectivity index (χ2v) is 5.19. The Hall–Kier alpha value is -1.14. The summed E-state index contributed by atoms with van der Waals surface area (Å²) in [5.74, 6) is -0.201. The van der Waals surface area contributed by atoms with Gasteiger partial charge in [0, 0.05) is 33.2 Å². The summed E-state index contributed by atoms with van der Waals surface area (Å²) >= 11 is 0. The van der Waals surface area contributed by atoms with Crippen LogP contribution in [0.25, 0.3) is 0 Å². The van der Waals surface area contributed by atoms with E-state index >= 15 is 0 Å². The number of hydrogen-bond donors (Lipinski definition) is 1. The second kappa shape index (κ2) is 8.12. The Morgan fingerprint density at radius 2 is 2.11 bits per heavy atom. The number of carbonyl (C=O) groups excluding carboxylic acids is 2. The summed E-state index contributed by atoms with van der Waals surface area (Å²) in [6.07, 6.45) is 2.08. The fourth-order valence-corrected chi connectivity index (χ4v) is 1.99. The van der Waals surface area contributed by atoms with Crippen molar-refractivity contribution in [1.82, 2.24) is 15.1 Å². The average Bonchev–Trinajstić information content (AvgIpc) is 2.80. The quantitative estimate of drug-likeness (QED) is 0.690. The molecule has 1 N–H and O–H groups in total. The van der Waals surface area contributed by atoms with E-state index in [1.54, 1.807) is 4.90 Å². The molecule has 1 aliphatic rings. The van der Waals surface area contributed by atoms with Crippen LogP contribution in [0.3, 0.4) is 0 Å². The van der Waals surface area contributed by atoms with Gasteiger partial charge >= 0.3 is 0 Å². The van der Waals surface area contributed by atoms with Crippen LogP contribution in [-0.2, 0) is 14.3 Å². The minimum atomic E-state index is -0.116. The molecule has 1 aliphatic heterocycles. The lowest BCUT2D eigenvalue weighted by Gasteiger charge is -2.23. The van der Waals surface area contributed by atoms with Gasteiger partial charge in [-0.15, -0.1) is 0 Å². The molecule has 6 nitrogen and oxygen atoms in total. The molecule has 0 bridgehead atoms. The number of nitrogens with zero attached hydrogens (tertiary/aromatic N) is 2. The summed E-state index contributed by atoms with van der Waals surface area (Å²) in [5, 5.41) is 2.81. The molecule has 1 atom stereocenters. The zero-order valence-electron chi connectivity index (χ0n) is 12.1. The van der Waals surface area contributed by atoms with Gasteiger partial charge in [0.25, 0.3) is 0 Å². The molecule has 0 aliphatic carbocycles. The summed E-state index contributed by atoms with van der Waals surface area (Å²) in [6.45, 7) is 4.25. The van der Waals surface area contributed by atoms with Crippen LogP contribution in [0.15, 0.2) is 0 Å². The molecule has 6 heteroatoms. The maximum Gasteiger partial charge on any atom is 0.239 e. The van der Waals surface area contributed by atoms with E-state index in [4.69, 9.17) is 4.74 Å². The van der Waals surface area contributed by atoms with E-state index in [1.165, 1.54) is 6.92 Å². The Kier molecular flexibility index (Phi) is 6.80. The van der Waals surface area contributed by atoms with Crippen LogP contribution in [0.1, 0.15) is 19.8 Å². The van der Waals surface area contributed by atoms with E-state index in [-0.39, 0.29) is 24.5 Å². The van der Waals surface area contributed by atoms with Crippen molar-refractivity contribution in [2.24, 2.45) is 0 Å². The first kappa shape index (κ1) is 15.9. The zero-order valence-corrected chi connectivity index (χ0v) is 12.1. The minimum absolute atomic E-state index is 0.0819. The van der Waals surface area contributed by atoms with E-state index in [0.29, 0.717) is 13.1 Å². The number of likely N-dealkylation sites (N-methyl/N-ethyl adjacent to an activating group) is 1. The largest absolute Gasteiger partial charge is 0.376 e. The molecule has 1 rings (SSSR count). The molecule has 2 amide bonds. The Morgan fingerprint density at radius 1 is 1.37 bits per heavy atom. The molecule has 0 spiro atoms. The normalized spacial score (nSPS) is 18.6. The summed E-state index contributed by atoms with van der Waals surface area (Å²) < 4.78 is 5.50. The predicted molar refractivity (Wildman–Crippen MR) is 72.8 cm³/mol. The van der Waals surface area contributed by atoms with Gasteiger partial charge in [-0.25, -0.2) is 0 Å². The van der Waals surface area contributed by atoms with Gasteiger partial charge in [-0.2, -0.15) is 0 Å². The lowest BCUT2D eigenvalue weighted by molar-refractivity contribution is -0.135. The third-order valence-electron chi connectivity index (χ3n) is 3.11. The van der Waals surface area contributed by atoms with Crippen molar-refractivity contribution >= 4 is 11.8 Å². The molecule has 110 valence electrons. The minimum Gasteiger partial charge on any atom is -0.376 e. The number of hydrogen-bond acceptors (Lipinski definition) is 4. The van der Waals surface area contributed by atoms with Crippen LogP contribution in [0.2, 0.25) is 0 Å². The van der Waals surface area contributed by atoms with Gasteiger partial charge in [0.2, 0.25) is 11.8 Å². The Balaban J connectivity index is 2.31. The SMILES string of the molecule is CC(=O)N(CC(=O)NCCN(C)C)CC1CCCO1. The number of rotatable bonds is 7. The monoisotopic (exact) mass is 271 g/mol. The molecule has 0 radical (unpaired) electrons. The topological polar surface area (TPSA) is 61.9 Å². The summed E-state index contributed by atoms with van der Waals surface area (Å²) in [4.78, 5) is 26.8. The van der Waals surface area contributed by atoms with Crippen LogP contribution >= 0.6 is 0 Å². The molecule has 1 fully saturated rings. The van der Waals surface area contributed by atoms with Crippen molar-refractivity contribution in [3.63, 3.8) is 0 Å². The average molecular weight is 271 g/mol. The van der Waals surface area contributed by atoms with E-state index in [1.807, 2.05) is 19.0 Å². The van der Waals surface area contributed by atoms with Gasteiger partial charge in [-0.3, -0.25) is 9.59 Å². The van der Waals surface area contributed by atoms with Crippen molar-refractivity contribution in [2.75, 3.05) is 46.9 Å². The molecule has 0 aromatic heterocycles. The fourth-order valence-electron chi connectivity index (χ4n) is 1.99. The number of ether oxygens (including phenoxy) is 1. The summed E-state index contributed by atoms with van der Waals surface area (Å²) in [6, 6.07) is 0. The van der Waals surface area contributed by atoms with Gasteiger partial charge in [0.05, 0.1) is 12.6 Å². The fraction of sp³-hybridized carbons (Fsp3) is 0.846. The maximum atomic E-state index is 11.7. The second-order valence-electron chi connectivity index (χ2n) is 5.19. The van der Waals surface area contributed by atoms with Crippen molar-refractivity contribution in [2.45, 2.75) is 25.9 Å². The molecular weight excluding hydrogens is 246 g/mol. The molecule has 19 heavy (non-hydrogen) atoms. The van der Waals surface area contributed by atoms with Gasteiger partial charge in [-0.05, 0) is 26.9 Å². The van der Waals surface area contributed by atoms with Crippen molar-refractivity contribution < 1.29 is 14.3 Å². The van der Waals surface area contributed by atoms with Gasteiger partial charge in [0.1, 0.15) is 0 Å². The van der Waals surface area contributed by atoms with Gasteiger partial charge in [0.15, 0.2) is 0 Å². The van der Waals surface area contributed by atoms with Crippen LogP contribution in [0, 0.1) is 0 Å². The van der Waals surface area contributed by atoms with E-state index < -0.39 is 0 Å². The number of nitrogens with one attached hydrogen (secondary N) is 1. The first-order valence-electron chi connectivity index (χ1n) is 6.77. The van der Waals surface area contributed by atoms with Crippen LogP contribution < -0.4 is 5.32 Å². The van der Waals surface area contributed by atoms with Crippen molar-refractivity contribution in [3.05, 3.63) is 0 Å². The highest BCUT2D eigenvalue weighted by Crippen LogP contribution is 2.13. The maximum absolute atomic E-state index is 11.7. The van der Waals surface area contributed by atoms with Crippen LogP contribution in [0.4, 0.5) is 0 Å². The third kappa shape index (κ3) is 6.54. The first-order valence-corrected chi connectivity index (χ1v) is 6.77. The smallest absolute Gasteiger partial charge is 0.239 e. The van der Waals surface area contributed by atoms with Crippen LogP contribution in [-0.4, -0.2) is 74.6 Å². The Bertz CT molecular complexity index is 302. The van der Waals surface area contributed by atoms with E-state index in [2.05, 4.69) is 5.32 Å². The highest BCUT2D eigenvalue weighted by molar-refractivity contribution is 5.83. The lowest BCUT2D eigenvalue weighted by Crippen LogP contribution is -2.44. The highest BCUT2D eigenvalue weighted by Gasteiger charge is 2.22. The van der Waals surface area contributed by atoms with E-state index in [9.17, 15) is 9.59 Å². The van der Waals surface area contributed by atoms with Gasteiger partial charge in [-0.1, -0.05) is 0 Å². The molecular formula is C13H25N3O3.